The maximum Gasteiger partial charge on any atom is 0.341 e. The Kier molecular flexibility index (Phi) is 6.52. The number of thiophene rings is 1. The number of hydrogen-bond donors (Lipinski definition) is 2. The van der Waals surface area contributed by atoms with E-state index in [0.717, 1.165) is 11.3 Å². The number of esters is 1. The minimum atomic E-state index is -0.554. The van der Waals surface area contributed by atoms with Gasteiger partial charge in [-0.05, 0) is 36.8 Å². The number of aromatic nitrogens is 1. The lowest BCUT2D eigenvalue weighted by Crippen LogP contribution is -2.21. The van der Waals surface area contributed by atoms with Crippen LogP contribution < -0.4 is 10.6 Å². The largest absolute Gasteiger partial charge is 0.465 e. The van der Waals surface area contributed by atoms with E-state index in [-0.39, 0.29) is 21.7 Å². The number of thiocarbonyl (C=S) groups is 1. The van der Waals surface area contributed by atoms with E-state index in [0.29, 0.717) is 21.1 Å². The molecular weight excluding hydrogens is 396 g/mol. The molecule has 0 aliphatic rings. The number of nitrogens with zero attached hydrogens (tertiary/aromatic N) is 2. The van der Waals surface area contributed by atoms with Crippen molar-refractivity contribution in [3.8, 4) is 0 Å². The molecule has 1 amide bonds. The van der Waals surface area contributed by atoms with Crippen molar-refractivity contribution >= 4 is 62.8 Å². The summed E-state index contributed by atoms with van der Waals surface area (Å²) >= 11 is 12.4. The predicted molar refractivity (Wildman–Crippen MR) is 108 cm³/mol. The zero-order valence-electron chi connectivity index (χ0n) is 14.5. The average Bonchev–Trinajstić information content (AvgIpc) is 2.91. The molecule has 7 nitrogen and oxygen atoms in total. The monoisotopic (exact) mass is 412 g/mol. The molecule has 0 unspecified atom stereocenters. The predicted octanol–water partition coefficient (Wildman–Crippen LogP) is 3.40. The third kappa shape index (κ3) is 4.29. The summed E-state index contributed by atoms with van der Waals surface area (Å²) < 4.78 is 4.84. The van der Waals surface area contributed by atoms with Crippen LogP contribution in [-0.2, 0) is 4.74 Å². The molecule has 0 aliphatic carbocycles. The lowest BCUT2D eigenvalue weighted by molar-refractivity contribution is 0.0601. The van der Waals surface area contributed by atoms with Gasteiger partial charge in [0.2, 0.25) is 0 Å². The lowest BCUT2D eigenvalue weighted by Gasteiger charge is -2.11. The van der Waals surface area contributed by atoms with Crippen LogP contribution in [0.3, 0.4) is 0 Å². The molecule has 10 heteroatoms. The maximum atomic E-state index is 12.3. The van der Waals surface area contributed by atoms with E-state index in [9.17, 15) is 9.59 Å². The molecule has 2 aromatic rings. The fourth-order valence-electron chi connectivity index (χ4n) is 2.09. The topological polar surface area (TPSA) is 83.6 Å². The number of rotatable bonds is 4. The first-order valence-electron chi connectivity index (χ1n) is 7.38. The maximum absolute atomic E-state index is 12.3. The Morgan fingerprint density at radius 1 is 1.35 bits per heavy atom. The normalized spacial score (nSPS) is 10.2. The van der Waals surface area contributed by atoms with Crippen LogP contribution in [0.25, 0.3) is 0 Å². The molecule has 0 aromatic carbocycles. The summed E-state index contributed by atoms with van der Waals surface area (Å²) in [6.07, 6.45) is 1.56. The highest BCUT2D eigenvalue weighted by Crippen LogP contribution is 2.34. The lowest BCUT2D eigenvalue weighted by atomic mass is 10.1. The minimum Gasteiger partial charge on any atom is -0.465 e. The summed E-state index contributed by atoms with van der Waals surface area (Å²) in [5.74, 6) is -0.763. The molecule has 138 valence electrons. The number of hydrogen-bond acceptors (Lipinski definition) is 6. The molecule has 2 N–H and O–H groups in total. The van der Waals surface area contributed by atoms with E-state index < -0.39 is 5.97 Å². The molecule has 26 heavy (non-hydrogen) atoms. The second kappa shape index (κ2) is 8.43. The van der Waals surface area contributed by atoms with Crippen LogP contribution in [0, 0.1) is 6.92 Å². The highest BCUT2D eigenvalue weighted by Gasteiger charge is 2.26. The number of anilines is 2. The minimum absolute atomic E-state index is 0.204. The van der Waals surface area contributed by atoms with Gasteiger partial charge in [-0.2, -0.15) is 0 Å². The molecule has 0 spiro atoms. The number of amides is 1. The van der Waals surface area contributed by atoms with Crippen molar-refractivity contribution in [1.82, 2.24) is 9.88 Å². The van der Waals surface area contributed by atoms with Gasteiger partial charge in [0.15, 0.2) is 10.3 Å². The SMILES string of the molecule is COC(=O)c1c(NC(=S)Nc2cccnc2Cl)sc(C(=O)N(C)C)c1C. The Morgan fingerprint density at radius 2 is 2.04 bits per heavy atom. The van der Waals surface area contributed by atoms with Gasteiger partial charge >= 0.3 is 5.97 Å². The van der Waals surface area contributed by atoms with Crippen molar-refractivity contribution in [3.05, 3.63) is 39.5 Å². The van der Waals surface area contributed by atoms with Gasteiger partial charge in [0, 0.05) is 20.3 Å². The summed E-state index contributed by atoms with van der Waals surface area (Å²) in [4.78, 5) is 30.3. The van der Waals surface area contributed by atoms with Gasteiger partial charge in [0.05, 0.1) is 23.2 Å². The molecule has 0 aliphatic heterocycles. The number of methoxy groups -OCH3 is 1. The van der Waals surface area contributed by atoms with Gasteiger partial charge in [-0.3, -0.25) is 4.79 Å². The summed E-state index contributed by atoms with van der Waals surface area (Å²) in [6.45, 7) is 1.69. The Hall–Kier alpha value is -2.23. The van der Waals surface area contributed by atoms with Gasteiger partial charge < -0.3 is 20.3 Å². The number of nitrogens with one attached hydrogen (secondary N) is 2. The molecular formula is C16H17ClN4O3S2. The average molecular weight is 413 g/mol. The zero-order chi connectivity index (χ0) is 19.4. The second-order valence-electron chi connectivity index (χ2n) is 5.37. The van der Waals surface area contributed by atoms with E-state index in [1.54, 1.807) is 39.3 Å². The van der Waals surface area contributed by atoms with E-state index in [4.69, 9.17) is 28.6 Å². The third-order valence-electron chi connectivity index (χ3n) is 3.37. The molecule has 0 saturated heterocycles. The van der Waals surface area contributed by atoms with Crippen LogP contribution in [0.4, 0.5) is 10.7 Å². The fourth-order valence-corrected chi connectivity index (χ4v) is 3.76. The first-order valence-corrected chi connectivity index (χ1v) is 8.98. The first-order chi connectivity index (χ1) is 12.3. The summed E-state index contributed by atoms with van der Waals surface area (Å²) in [6, 6.07) is 3.42. The van der Waals surface area contributed by atoms with Crippen molar-refractivity contribution in [2.24, 2.45) is 0 Å². The first kappa shape index (κ1) is 20.1. The highest BCUT2D eigenvalue weighted by atomic mass is 35.5. The van der Waals surface area contributed by atoms with Crippen LogP contribution in [0.2, 0.25) is 5.15 Å². The molecule has 0 fully saturated rings. The van der Waals surface area contributed by atoms with E-state index in [2.05, 4.69) is 15.6 Å². The highest BCUT2D eigenvalue weighted by molar-refractivity contribution is 7.80. The number of ether oxygens (including phenoxy) is 1. The van der Waals surface area contributed by atoms with Gasteiger partial charge in [-0.25, -0.2) is 9.78 Å². The Labute approximate surface area is 165 Å². The van der Waals surface area contributed by atoms with E-state index >= 15 is 0 Å². The molecule has 0 saturated carbocycles. The van der Waals surface area contributed by atoms with Crippen LogP contribution in [0.1, 0.15) is 25.6 Å². The molecule has 0 bridgehead atoms. The smallest absolute Gasteiger partial charge is 0.341 e. The van der Waals surface area contributed by atoms with Gasteiger partial charge in [0.25, 0.3) is 5.91 Å². The fraction of sp³-hybridized carbons (Fsp3) is 0.250. The number of pyridine rings is 1. The van der Waals surface area contributed by atoms with E-state index in [1.165, 1.54) is 12.0 Å². The van der Waals surface area contributed by atoms with Gasteiger partial charge in [-0.1, -0.05) is 11.6 Å². The molecule has 2 rings (SSSR count). The summed E-state index contributed by atoms with van der Waals surface area (Å²) in [5, 5.41) is 6.72. The van der Waals surface area contributed by atoms with Gasteiger partial charge in [0.1, 0.15) is 5.00 Å². The van der Waals surface area contributed by atoms with Crippen LogP contribution >= 0.6 is 35.2 Å². The van der Waals surface area contributed by atoms with Crippen LogP contribution in [0.5, 0.6) is 0 Å². The Bertz CT molecular complexity index is 867. The Balaban J connectivity index is 2.34. The zero-order valence-corrected chi connectivity index (χ0v) is 16.9. The van der Waals surface area contributed by atoms with Crippen molar-refractivity contribution in [2.45, 2.75) is 6.92 Å². The molecule has 2 aromatic heterocycles. The molecule has 0 radical (unpaired) electrons. The van der Waals surface area contributed by atoms with E-state index in [1.807, 2.05) is 0 Å². The van der Waals surface area contributed by atoms with Crippen molar-refractivity contribution in [1.29, 1.82) is 0 Å². The van der Waals surface area contributed by atoms with Crippen molar-refractivity contribution < 1.29 is 14.3 Å². The number of carbonyl (C=O) groups excluding carboxylic acids is 2. The van der Waals surface area contributed by atoms with Crippen molar-refractivity contribution in [3.63, 3.8) is 0 Å². The summed E-state index contributed by atoms with van der Waals surface area (Å²) in [5.41, 5.74) is 1.32. The standard InChI is InChI=1S/C16H17ClN4O3S2/c1-8-10(15(23)24-4)13(26-11(8)14(22)21(2)3)20-16(25)19-9-6-5-7-18-12(9)17/h5-7H,1-4H3,(H2,19,20,25). The Morgan fingerprint density at radius 3 is 2.62 bits per heavy atom. The van der Waals surface area contributed by atoms with Gasteiger partial charge in [-0.15, -0.1) is 11.3 Å². The number of carbonyl (C=O) groups is 2. The quantitative estimate of drug-likeness (QED) is 0.452. The number of halogens is 1. The molecule has 0 atom stereocenters. The van der Waals surface area contributed by atoms with Crippen molar-refractivity contribution in [2.75, 3.05) is 31.8 Å². The van der Waals surface area contributed by atoms with Crippen LogP contribution in [0.15, 0.2) is 18.3 Å². The van der Waals surface area contributed by atoms with Crippen LogP contribution in [-0.4, -0.2) is 48.1 Å². The summed E-state index contributed by atoms with van der Waals surface area (Å²) in [7, 11) is 4.56. The molecule has 2 heterocycles. The third-order valence-corrected chi connectivity index (χ3v) is 5.07. The second-order valence-corrected chi connectivity index (χ2v) is 7.16.